The number of piperazine rings is 1. The first-order valence-electron chi connectivity index (χ1n) is 10.2. The minimum absolute atomic E-state index is 0.723. The second kappa shape index (κ2) is 8.32. The minimum Gasteiger partial charge on any atom is -0.365 e. The average molecular weight is 397 g/mol. The van der Waals surface area contributed by atoms with Crippen LogP contribution in [0.15, 0.2) is 73.1 Å². The van der Waals surface area contributed by atoms with Crippen LogP contribution >= 0.6 is 0 Å². The molecule has 1 aliphatic rings. The van der Waals surface area contributed by atoms with Crippen molar-refractivity contribution in [3.8, 4) is 0 Å². The second-order valence-electron chi connectivity index (χ2n) is 7.25. The molecule has 0 radical (unpaired) electrons. The molecule has 4 aromatic rings. The van der Waals surface area contributed by atoms with Crippen LogP contribution < -0.4 is 15.1 Å². The molecule has 30 heavy (non-hydrogen) atoms. The Bertz CT molecular complexity index is 1110. The van der Waals surface area contributed by atoms with Gasteiger partial charge in [0.2, 0.25) is 11.9 Å². The highest BCUT2D eigenvalue weighted by atomic mass is 15.4. The van der Waals surface area contributed by atoms with Crippen LogP contribution in [0.25, 0.3) is 10.9 Å². The highest BCUT2D eigenvalue weighted by molar-refractivity contribution is 5.90. The van der Waals surface area contributed by atoms with Gasteiger partial charge in [0.05, 0.1) is 5.52 Å². The number of hydrogen-bond donors (Lipinski definition) is 1. The number of para-hydroxylation sites is 1. The van der Waals surface area contributed by atoms with Crippen LogP contribution in [0.4, 0.5) is 17.7 Å². The fraction of sp³-hybridized carbons (Fsp3) is 0.217. The summed E-state index contributed by atoms with van der Waals surface area (Å²) in [6, 6.07) is 20.4. The maximum absolute atomic E-state index is 4.89. The summed E-state index contributed by atoms with van der Waals surface area (Å²) >= 11 is 0. The quantitative estimate of drug-likeness (QED) is 0.554. The lowest BCUT2D eigenvalue weighted by Gasteiger charge is -2.34. The molecule has 0 spiro atoms. The van der Waals surface area contributed by atoms with Crippen molar-refractivity contribution in [2.45, 2.75) is 6.54 Å². The van der Waals surface area contributed by atoms with E-state index in [0.29, 0.717) is 0 Å². The van der Waals surface area contributed by atoms with Crippen molar-refractivity contribution in [3.05, 3.63) is 78.6 Å². The van der Waals surface area contributed by atoms with Crippen molar-refractivity contribution in [3.63, 3.8) is 0 Å². The first-order chi connectivity index (χ1) is 14.9. The molecule has 0 amide bonds. The van der Waals surface area contributed by atoms with Crippen LogP contribution in [-0.2, 0) is 6.54 Å². The Morgan fingerprint density at radius 2 is 1.37 bits per heavy atom. The Morgan fingerprint density at radius 3 is 2.13 bits per heavy atom. The summed E-state index contributed by atoms with van der Waals surface area (Å²) in [4.78, 5) is 22.9. The lowest BCUT2D eigenvalue weighted by atomic mass is 10.2. The molecule has 2 aromatic heterocycles. The van der Waals surface area contributed by atoms with E-state index in [9.17, 15) is 0 Å². The fourth-order valence-corrected chi connectivity index (χ4v) is 3.68. The Kier molecular flexibility index (Phi) is 5.08. The molecule has 3 heterocycles. The standard InChI is InChI=1S/C23H23N7/c1-2-7-18(8-3-1)17-26-21-19-9-4-5-10-20(19)27-23(28-21)30-15-13-29(14-16-30)22-24-11-6-12-25-22/h1-12H,13-17H2,(H,26,27,28). The molecule has 0 unspecified atom stereocenters. The molecule has 1 fully saturated rings. The van der Waals surface area contributed by atoms with Crippen LogP contribution in [0.1, 0.15) is 5.56 Å². The third-order valence-electron chi connectivity index (χ3n) is 5.29. The van der Waals surface area contributed by atoms with Gasteiger partial charge < -0.3 is 15.1 Å². The van der Waals surface area contributed by atoms with E-state index in [0.717, 1.165) is 61.3 Å². The number of benzene rings is 2. The summed E-state index contributed by atoms with van der Waals surface area (Å²) in [6.07, 6.45) is 3.57. The van der Waals surface area contributed by atoms with Crippen molar-refractivity contribution in [1.29, 1.82) is 0 Å². The Hall–Kier alpha value is -3.74. The van der Waals surface area contributed by atoms with E-state index < -0.39 is 0 Å². The zero-order valence-electron chi connectivity index (χ0n) is 16.6. The van der Waals surface area contributed by atoms with Crippen LogP contribution in [0.3, 0.4) is 0 Å². The predicted molar refractivity (Wildman–Crippen MR) is 120 cm³/mol. The first kappa shape index (κ1) is 18.3. The van der Waals surface area contributed by atoms with Gasteiger partial charge in [0, 0.05) is 50.5 Å². The Morgan fingerprint density at radius 1 is 0.700 bits per heavy atom. The minimum atomic E-state index is 0.723. The Labute approximate surface area is 175 Å². The molecular formula is C23H23N7. The summed E-state index contributed by atoms with van der Waals surface area (Å²) in [6.45, 7) is 4.06. The van der Waals surface area contributed by atoms with Gasteiger partial charge in [-0.05, 0) is 23.8 Å². The number of nitrogens with zero attached hydrogens (tertiary/aromatic N) is 6. The van der Waals surface area contributed by atoms with Crippen LogP contribution in [0.2, 0.25) is 0 Å². The molecule has 0 saturated carbocycles. The van der Waals surface area contributed by atoms with Crippen molar-refractivity contribution >= 4 is 28.6 Å². The van der Waals surface area contributed by atoms with Crippen molar-refractivity contribution in [2.75, 3.05) is 41.3 Å². The summed E-state index contributed by atoms with van der Waals surface area (Å²) in [7, 11) is 0. The first-order valence-corrected chi connectivity index (χ1v) is 10.2. The number of hydrogen-bond acceptors (Lipinski definition) is 7. The third-order valence-corrected chi connectivity index (χ3v) is 5.29. The summed E-state index contributed by atoms with van der Waals surface area (Å²) < 4.78 is 0. The van der Waals surface area contributed by atoms with Crippen LogP contribution in [0.5, 0.6) is 0 Å². The van der Waals surface area contributed by atoms with E-state index in [1.54, 1.807) is 12.4 Å². The summed E-state index contributed by atoms with van der Waals surface area (Å²) in [5, 5.41) is 4.55. The molecule has 150 valence electrons. The molecule has 7 nitrogen and oxygen atoms in total. The molecule has 1 N–H and O–H groups in total. The van der Waals surface area contributed by atoms with Gasteiger partial charge in [-0.3, -0.25) is 0 Å². The number of nitrogens with one attached hydrogen (secondary N) is 1. The number of fused-ring (bicyclic) bond motifs is 1. The topological polar surface area (TPSA) is 70.1 Å². The van der Waals surface area contributed by atoms with Gasteiger partial charge in [0.25, 0.3) is 0 Å². The predicted octanol–water partition coefficient (Wildman–Crippen LogP) is 3.36. The van der Waals surface area contributed by atoms with Gasteiger partial charge in [0.1, 0.15) is 5.82 Å². The molecule has 0 aliphatic carbocycles. The molecule has 1 saturated heterocycles. The smallest absolute Gasteiger partial charge is 0.228 e. The largest absolute Gasteiger partial charge is 0.365 e. The highest BCUT2D eigenvalue weighted by Crippen LogP contribution is 2.25. The summed E-state index contributed by atoms with van der Waals surface area (Å²) in [5.74, 6) is 2.41. The maximum Gasteiger partial charge on any atom is 0.228 e. The lowest BCUT2D eigenvalue weighted by Crippen LogP contribution is -2.47. The normalized spacial score (nSPS) is 14.1. The van der Waals surface area contributed by atoms with E-state index in [-0.39, 0.29) is 0 Å². The second-order valence-corrected chi connectivity index (χ2v) is 7.25. The van der Waals surface area contributed by atoms with E-state index in [1.165, 1.54) is 5.56 Å². The van der Waals surface area contributed by atoms with Gasteiger partial charge in [-0.2, -0.15) is 4.98 Å². The summed E-state index contributed by atoms with van der Waals surface area (Å²) in [5.41, 5.74) is 2.17. The van der Waals surface area contributed by atoms with Crippen LogP contribution in [-0.4, -0.2) is 46.1 Å². The fourth-order valence-electron chi connectivity index (χ4n) is 3.68. The molecular weight excluding hydrogens is 374 g/mol. The van der Waals surface area contributed by atoms with Gasteiger partial charge in [0.15, 0.2) is 0 Å². The number of aromatic nitrogens is 4. The SMILES string of the molecule is c1ccc(CNc2nc(N3CCN(c4ncccn4)CC3)nc3ccccc23)cc1. The molecule has 5 rings (SSSR count). The number of rotatable bonds is 5. The highest BCUT2D eigenvalue weighted by Gasteiger charge is 2.21. The van der Waals surface area contributed by atoms with E-state index in [1.807, 2.05) is 30.3 Å². The lowest BCUT2D eigenvalue weighted by molar-refractivity contribution is 0.629. The van der Waals surface area contributed by atoms with Crippen LogP contribution in [0, 0.1) is 0 Å². The molecule has 0 atom stereocenters. The molecule has 0 bridgehead atoms. The van der Waals surface area contributed by atoms with Crippen molar-refractivity contribution in [1.82, 2.24) is 19.9 Å². The monoisotopic (exact) mass is 397 g/mol. The van der Waals surface area contributed by atoms with Gasteiger partial charge in [-0.1, -0.05) is 42.5 Å². The molecule has 2 aromatic carbocycles. The zero-order valence-corrected chi connectivity index (χ0v) is 16.6. The van der Waals surface area contributed by atoms with Gasteiger partial charge in [-0.15, -0.1) is 0 Å². The van der Waals surface area contributed by atoms with Gasteiger partial charge >= 0.3 is 0 Å². The molecule has 1 aliphatic heterocycles. The third kappa shape index (κ3) is 3.87. The van der Waals surface area contributed by atoms with Gasteiger partial charge in [-0.25, -0.2) is 15.0 Å². The zero-order chi connectivity index (χ0) is 20.2. The average Bonchev–Trinajstić information content (AvgIpc) is 2.84. The maximum atomic E-state index is 4.89. The molecule has 7 heteroatoms. The van der Waals surface area contributed by atoms with Crippen molar-refractivity contribution in [2.24, 2.45) is 0 Å². The Balaban J connectivity index is 1.37. The van der Waals surface area contributed by atoms with E-state index >= 15 is 0 Å². The number of anilines is 3. The van der Waals surface area contributed by atoms with E-state index in [4.69, 9.17) is 9.97 Å². The van der Waals surface area contributed by atoms with E-state index in [2.05, 4.69) is 55.4 Å². The van der Waals surface area contributed by atoms with Crippen molar-refractivity contribution < 1.29 is 0 Å².